The van der Waals surface area contributed by atoms with Crippen molar-refractivity contribution in [2.45, 2.75) is 31.9 Å². The summed E-state index contributed by atoms with van der Waals surface area (Å²) in [6.07, 6.45) is -10.5. The number of halogens is 7. The lowest BCUT2D eigenvalue weighted by Gasteiger charge is -2.24. The van der Waals surface area contributed by atoms with Gasteiger partial charge in [0.1, 0.15) is 11.4 Å². The molecule has 1 aromatic heterocycles. The monoisotopic (exact) mass is 594 g/mol. The third-order valence-corrected chi connectivity index (χ3v) is 6.09. The Morgan fingerprint density at radius 2 is 1.68 bits per heavy atom. The zero-order valence-corrected chi connectivity index (χ0v) is 22.2. The van der Waals surface area contributed by atoms with Gasteiger partial charge in [-0.25, -0.2) is 9.18 Å². The van der Waals surface area contributed by atoms with Crippen LogP contribution < -0.4 is 9.64 Å². The number of ether oxygens (including phenoxy) is 1. The largest absolute Gasteiger partial charge is 0.420 e. The number of carbonyl (C=O) groups excluding carboxylic acids is 1. The van der Waals surface area contributed by atoms with E-state index in [-0.39, 0.29) is 36.2 Å². The van der Waals surface area contributed by atoms with E-state index in [4.69, 9.17) is 17.0 Å². The molecule has 218 valence electrons. The smallest absolute Gasteiger partial charge is 0.407 e. The summed E-state index contributed by atoms with van der Waals surface area (Å²) in [5, 5.41) is 10.3. The molecule has 3 rings (SSSR count). The van der Waals surface area contributed by atoms with Crippen LogP contribution in [0.25, 0.3) is 5.69 Å². The second-order valence-electron chi connectivity index (χ2n) is 8.98. The van der Waals surface area contributed by atoms with Crippen LogP contribution in [-0.2, 0) is 18.9 Å². The maximum absolute atomic E-state index is 14.1. The third kappa shape index (κ3) is 7.20. The SMILES string of the molecule is CCN(C(=O)Oc1c(-n2ccn(CC(O)CN(C)C)c2=S)cc(C(F)(F)F)cc1C(F)(F)F)c1ccc(F)cc1. The zero-order valence-electron chi connectivity index (χ0n) is 21.4. The fourth-order valence-corrected chi connectivity index (χ4v) is 4.19. The number of hydrogen-bond acceptors (Lipinski definition) is 5. The van der Waals surface area contributed by atoms with Gasteiger partial charge >= 0.3 is 18.4 Å². The quantitative estimate of drug-likeness (QED) is 0.251. The minimum absolute atomic E-state index is 0.0774. The molecule has 0 aliphatic heterocycles. The Bertz CT molecular complexity index is 1400. The lowest BCUT2D eigenvalue weighted by molar-refractivity contribution is -0.143. The van der Waals surface area contributed by atoms with E-state index in [1.807, 2.05) is 0 Å². The highest BCUT2D eigenvalue weighted by Crippen LogP contribution is 2.44. The fourth-order valence-electron chi connectivity index (χ4n) is 3.90. The summed E-state index contributed by atoms with van der Waals surface area (Å²) in [5.74, 6) is -1.85. The first-order chi connectivity index (χ1) is 18.5. The van der Waals surface area contributed by atoms with Gasteiger partial charge in [0.2, 0.25) is 0 Å². The maximum atomic E-state index is 14.1. The first kappa shape index (κ1) is 31.1. The molecule has 0 aliphatic carbocycles. The van der Waals surface area contributed by atoms with E-state index in [1.54, 1.807) is 19.0 Å². The summed E-state index contributed by atoms with van der Waals surface area (Å²) in [7, 11) is 3.39. The van der Waals surface area contributed by atoms with Crippen LogP contribution in [0.4, 0.5) is 41.2 Å². The molecule has 1 N–H and O–H groups in total. The number of likely N-dealkylation sites (N-methyl/N-ethyl adjacent to an activating group) is 1. The first-order valence-electron chi connectivity index (χ1n) is 11.7. The van der Waals surface area contributed by atoms with Crippen molar-refractivity contribution >= 4 is 24.0 Å². The molecule has 0 bridgehead atoms. The van der Waals surface area contributed by atoms with E-state index in [9.17, 15) is 40.6 Å². The van der Waals surface area contributed by atoms with Gasteiger partial charge < -0.3 is 19.3 Å². The molecule has 2 aromatic carbocycles. The number of alkyl halides is 6. The number of hydrogen-bond donors (Lipinski definition) is 1. The van der Waals surface area contributed by atoms with Crippen LogP contribution in [0, 0.1) is 10.6 Å². The number of imidazole rings is 1. The average molecular weight is 595 g/mol. The Morgan fingerprint density at radius 1 is 1.05 bits per heavy atom. The topological polar surface area (TPSA) is 62.9 Å². The molecule has 0 spiro atoms. The molecule has 1 unspecified atom stereocenters. The molecule has 15 heteroatoms. The first-order valence-corrected chi connectivity index (χ1v) is 12.1. The number of nitrogens with zero attached hydrogens (tertiary/aromatic N) is 4. The van der Waals surface area contributed by atoms with Gasteiger partial charge in [0.05, 0.1) is 23.9 Å². The second-order valence-corrected chi connectivity index (χ2v) is 9.34. The Morgan fingerprint density at radius 3 is 2.20 bits per heavy atom. The van der Waals surface area contributed by atoms with Crippen molar-refractivity contribution in [3.05, 3.63) is 70.5 Å². The lowest BCUT2D eigenvalue weighted by atomic mass is 10.1. The van der Waals surface area contributed by atoms with Gasteiger partial charge in [-0.2, -0.15) is 26.3 Å². The molecule has 0 radical (unpaired) electrons. The van der Waals surface area contributed by atoms with Crippen LogP contribution in [-0.4, -0.2) is 58.5 Å². The third-order valence-electron chi connectivity index (χ3n) is 5.66. The van der Waals surface area contributed by atoms with Crippen molar-refractivity contribution in [2.75, 3.05) is 32.1 Å². The van der Waals surface area contributed by atoms with Gasteiger partial charge in [0.15, 0.2) is 10.5 Å². The molecule has 1 amide bonds. The molecule has 0 aliphatic rings. The Kier molecular flexibility index (Phi) is 9.31. The molecule has 0 saturated heterocycles. The van der Waals surface area contributed by atoms with Gasteiger partial charge in [0, 0.05) is 31.2 Å². The summed E-state index contributed by atoms with van der Waals surface area (Å²) >= 11 is 5.30. The predicted molar refractivity (Wildman–Crippen MR) is 135 cm³/mol. The van der Waals surface area contributed by atoms with Crippen LogP contribution in [0.5, 0.6) is 5.75 Å². The molecule has 1 atom stereocenters. The molecule has 1 heterocycles. The zero-order chi connectivity index (χ0) is 30.0. The van der Waals surface area contributed by atoms with Crippen molar-refractivity contribution in [1.82, 2.24) is 14.0 Å². The standard InChI is InChI=1S/C25H25F7N4O3S/c1-4-35(17-7-5-16(26)6-8-17)23(38)39-21-19(25(30,31)32)11-15(24(27,28)29)12-20(21)36-10-9-34(22(36)40)14-18(37)13-33(2)3/h5-12,18,37H,4,13-14H2,1-3H3. The minimum atomic E-state index is -5.37. The van der Waals surface area contributed by atoms with Crippen molar-refractivity contribution in [3.63, 3.8) is 0 Å². The van der Waals surface area contributed by atoms with Gasteiger partial charge in [-0.05, 0) is 69.6 Å². The number of aliphatic hydroxyl groups excluding tert-OH is 1. The maximum Gasteiger partial charge on any atom is 0.420 e. The summed E-state index contributed by atoms with van der Waals surface area (Å²) in [4.78, 5) is 15.6. The number of rotatable bonds is 8. The number of aliphatic hydroxyl groups is 1. The van der Waals surface area contributed by atoms with E-state index >= 15 is 0 Å². The molecule has 0 fully saturated rings. The Labute approximate surface area is 229 Å². The predicted octanol–water partition coefficient (Wildman–Crippen LogP) is 6.13. The molecule has 3 aromatic rings. The van der Waals surface area contributed by atoms with Crippen LogP contribution in [0.1, 0.15) is 18.1 Å². The van der Waals surface area contributed by atoms with Gasteiger partial charge in [-0.1, -0.05) is 0 Å². The summed E-state index contributed by atoms with van der Waals surface area (Å²) < 4.78 is 104. The summed E-state index contributed by atoms with van der Waals surface area (Å²) in [6, 6.07) is 4.65. The van der Waals surface area contributed by atoms with Crippen LogP contribution in [0.15, 0.2) is 48.8 Å². The highest BCUT2D eigenvalue weighted by atomic mass is 32.1. The van der Waals surface area contributed by atoms with E-state index in [0.29, 0.717) is 6.07 Å². The summed E-state index contributed by atoms with van der Waals surface area (Å²) in [5.41, 5.74) is -4.23. The average Bonchev–Trinajstić information content (AvgIpc) is 3.18. The fraction of sp³-hybridized carbons (Fsp3) is 0.360. The van der Waals surface area contributed by atoms with Crippen molar-refractivity contribution < 1.29 is 45.4 Å². The Balaban J connectivity index is 2.19. The van der Waals surface area contributed by atoms with Gasteiger partial charge in [0.25, 0.3) is 0 Å². The summed E-state index contributed by atoms with van der Waals surface area (Å²) in [6.45, 7) is 1.44. The van der Waals surface area contributed by atoms with Crippen LogP contribution >= 0.6 is 12.2 Å². The molecule has 0 saturated carbocycles. The number of aromatic nitrogens is 2. The normalized spacial score (nSPS) is 13.0. The minimum Gasteiger partial charge on any atom is -0.407 e. The Hall–Kier alpha value is -3.43. The molecule has 7 nitrogen and oxygen atoms in total. The second kappa shape index (κ2) is 12.0. The molecule has 40 heavy (non-hydrogen) atoms. The van der Waals surface area contributed by atoms with E-state index in [1.165, 1.54) is 29.8 Å². The number of benzene rings is 2. The van der Waals surface area contributed by atoms with Crippen molar-refractivity contribution in [1.29, 1.82) is 0 Å². The van der Waals surface area contributed by atoms with Crippen molar-refractivity contribution in [2.24, 2.45) is 0 Å². The highest BCUT2D eigenvalue weighted by Gasteiger charge is 2.42. The van der Waals surface area contributed by atoms with E-state index in [0.717, 1.165) is 27.8 Å². The number of anilines is 1. The molecular formula is C25H25F7N4O3S. The van der Waals surface area contributed by atoms with Crippen molar-refractivity contribution in [3.8, 4) is 11.4 Å². The number of amides is 1. The van der Waals surface area contributed by atoms with Gasteiger partial charge in [-0.15, -0.1) is 0 Å². The van der Waals surface area contributed by atoms with Crippen LogP contribution in [0.3, 0.4) is 0 Å². The lowest BCUT2D eigenvalue weighted by Crippen LogP contribution is -2.34. The van der Waals surface area contributed by atoms with Crippen LogP contribution in [0.2, 0.25) is 0 Å². The van der Waals surface area contributed by atoms with Gasteiger partial charge in [-0.3, -0.25) is 9.47 Å². The molecular weight excluding hydrogens is 569 g/mol. The van der Waals surface area contributed by atoms with E-state index < -0.39 is 52.9 Å². The highest BCUT2D eigenvalue weighted by molar-refractivity contribution is 7.71. The van der Waals surface area contributed by atoms with E-state index in [2.05, 4.69) is 0 Å². The number of carbonyl (C=O) groups is 1.